The van der Waals surface area contributed by atoms with Crippen LogP contribution in [0.15, 0.2) is 42.5 Å². The molecule has 0 amide bonds. The minimum atomic E-state index is -0.355. The minimum absolute atomic E-state index is 0.154. The standard InChI is InChI=1S/C51H22S/c1-3-5-6-9-50(28-8-7-27(4-2)52-28)49-17-25-15-23-13-21-12-22-11-19-10-20-14-24-16-26(18-49)47-45-34(24)38-30(20)29(19)36-33(22)37-31(21)32(23)39-35(25)48(51(47,49)50)46-43(39)41(37)40(36)42(38)44(45)46/h7-8,10,12,14-16,18H,4,11,13,17H2,1-2H3. The zero-order valence-corrected chi connectivity index (χ0v) is 29.2. The molecular weight excluding hydrogens is 645 g/mol. The number of hydrogen-bond donors (Lipinski definition) is 0. The summed E-state index contributed by atoms with van der Waals surface area (Å²) in [5.74, 6) is 14.1. The molecule has 1 aromatic heterocycles. The summed E-state index contributed by atoms with van der Waals surface area (Å²) in [5.41, 5.74) is 10.4. The second-order valence-corrected chi connectivity index (χ2v) is 18.8. The molecule has 12 aromatic rings. The number of rotatable bonds is 2. The van der Waals surface area contributed by atoms with Crippen molar-refractivity contribution >= 4 is 125 Å². The lowest BCUT2D eigenvalue weighted by Crippen LogP contribution is -2.29. The van der Waals surface area contributed by atoms with E-state index in [9.17, 15) is 0 Å². The molecule has 1 heterocycles. The van der Waals surface area contributed by atoms with Crippen molar-refractivity contribution in [2.75, 3.05) is 0 Å². The van der Waals surface area contributed by atoms with Crippen LogP contribution in [0.4, 0.5) is 0 Å². The Bertz CT molecular complexity index is 4120. The summed E-state index contributed by atoms with van der Waals surface area (Å²) in [6.45, 7) is 4.24. The van der Waals surface area contributed by atoms with Crippen molar-refractivity contribution in [2.24, 2.45) is 5.41 Å². The van der Waals surface area contributed by atoms with E-state index in [1.54, 1.807) is 136 Å². The molecule has 1 saturated carbocycles. The first-order valence-corrected chi connectivity index (χ1v) is 20.0. The molecule has 1 fully saturated rings. The van der Waals surface area contributed by atoms with Gasteiger partial charge >= 0.3 is 0 Å². The lowest BCUT2D eigenvalue weighted by atomic mass is 9.70. The molecule has 0 nitrogen and oxygen atoms in total. The summed E-state index contributed by atoms with van der Waals surface area (Å²) in [5, 5.41) is 33.0. The molecule has 0 N–H and O–H groups in total. The zero-order chi connectivity index (χ0) is 32.8. The molecule has 1 spiro atoms. The van der Waals surface area contributed by atoms with Gasteiger partial charge in [-0.2, -0.15) is 0 Å². The Kier molecular flexibility index (Phi) is 2.87. The van der Waals surface area contributed by atoms with Gasteiger partial charge in [-0.15, -0.1) is 11.3 Å². The average molecular weight is 667 g/mol. The lowest BCUT2D eigenvalue weighted by molar-refractivity contribution is 0.586. The van der Waals surface area contributed by atoms with Gasteiger partial charge in [0.2, 0.25) is 0 Å². The second kappa shape index (κ2) is 6.28. The van der Waals surface area contributed by atoms with Gasteiger partial charge in [-0.05, 0) is 221 Å². The Balaban J connectivity index is 1.26. The number of hydrogen-bond acceptors (Lipinski definition) is 1. The Morgan fingerprint density at radius 2 is 1.17 bits per heavy atom. The highest BCUT2D eigenvalue weighted by Crippen LogP contribution is 2.89. The maximum absolute atomic E-state index is 4.12. The van der Waals surface area contributed by atoms with Crippen molar-refractivity contribution in [1.82, 2.24) is 0 Å². The van der Waals surface area contributed by atoms with E-state index in [1.807, 2.05) is 18.3 Å². The van der Waals surface area contributed by atoms with Gasteiger partial charge in [0.1, 0.15) is 0 Å². The third-order valence-electron chi connectivity index (χ3n) is 16.4. The number of aryl methyl sites for hydroxylation is 1. The van der Waals surface area contributed by atoms with Gasteiger partial charge in [0.25, 0.3) is 0 Å². The predicted octanol–water partition coefficient (Wildman–Crippen LogP) is 10.9. The normalized spacial score (nSPS) is 25.0. The summed E-state index contributed by atoms with van der Waals surface area (Å²) >= 11 is 2.03. The molecule has 6 aliphatic carbocycles. The van der Waals surface area contributed by atoms with Crippen LogP contribution in [0.1, 0.15) is 62.5 Å². The maximum Gasteiger partial charge on any atom is 0.0918 e. The van der Waals surface area contributed by atoms with Gasteiger partial charge < -0.3 is 0 Å². The zero-order valence-electron chi connectivity index (χ0n) is 28.4. The first-order valence-electron chi connectivity index (χ1n) is 19.2. The van der Waals surface area contributed by atoms with E-state index in [4.69, 9.17) is 0 Å². The number of thiophene rings is 1. The topological polar surface area (TPSA) is 0 Å². The molecule has 52 heavy (non-hydrogen) atoms. The first kappa shape index (κ1) is 23.8. The summed E-state index contributed by atoms with van der Waals surface area (Å²) in [6, 6.07) is 18.0. The van der Waals surface area contributed by atoms with Gasteiger partial charge in [0.05, 0.1) is 10.8 Å². The van der Waals surface area contributed by atoms with Crippen molar-refractivity contribution < 1.29 is 0 Å². The van der Waals surface area contributed by atoms with E-state index >= 15 is 0 Å². The van der Waals surface area contributed by atoms with Crippen LogP contribution in [0, 0.1) is 29.1 Å². The average Bonchev–Trinajstić information content (AvgIpc) is 3.94. The summed E-state index contributed by atoms with van der Waals surface area (Å²) < 4.78 is 0. The quantitative estimate of drug-likeness (QED) is 0.127. The summed E-state index contributed by atoms with van der Waals surface area (Å²) in [7, 11) is 0. The van der Waals surface area contributed by atoms with E-state index in [2.05, 4.69) is 79.1 Å². The molecule has 6 aliphatic rings. The maximum atomic E-state index is 4.12. The van der Waals surface area contributed by atoms with Gasteiger partial charge in [-0.3, -0.25) is 0 Å². The second-order valence-electron chi connectivity index (χ2n) is 17.6. The van der Waals surface area contributed by atoms with Crippen LogP contribution < -0.4 is 5.22 Å². The van der Waals surface area contributed by atoms with Crippen LogP contribution in [0.25, 0.3) is 114 Å². The Morgan fingerprint density at radius 1 is 0.577 bits per heavy atom. The predicted molar refractivity (Wildman–Crippen MR) is 217 cm³/mol. The molecular formula is C51H22S. The molecule has 18 rings (SSSR count). The van der Waals surface area contributed by atoms with Crippen molar-refractivity contribution in [1.29, 1.82) is 0 Å². The van der Waals surface area contributed by atoms with E-state index in [1.165, 1.54) is 25.7 Å². The molecule has 3 unspecified atom stereocenters. The SMILES string of the molecule is CC#CC#CC1(c2ccc(CC)s2)C23C=c4cc5cc6cc7c8c6c6c5c5c4C21c1c2c(cc4c9c%10c(cc(c%11c%10c%10c(c1c5c6c%10c8%11)c29)C7)C4)C3. The molecule has 0 radical (unpaired) electrons. The minimum Gasteiger partial charge on any atom is -0.144 e. The molecule has 232 valence electrons. The van der Waals surface area contributed by atoms with Crippen molar-refractivity contribution in [3.05, 3.63) is 96.4 Å². The van der Waals surface area contributed by atoms with Crippen LogP contribution >= 0.6 is 11.3 Å². The molecule has 1 heteroatoms. The van der Waals surface area contributed by atoms with Gasteiger partial charge in [0, 0.05) is 15.2 Å². The van der Waals surface area contributed by atoms with E-state index in [0.717, 1.165) is 25.7 Å². The van der Waals surface area contributed by atoms with Crippen LogP contribution in [0.5, 0.6) is 0 Å². The highest BCUT2D eigenvalue weighted by atomic mass is 32.1. The van der Waals surface area contributed by atoms with Crippen LogP contribution in [-0.2, 0) is 36.5 Å². The third kappa shape index (κ3) is 1.66. The van der Waals surface area contributed by atoms with E-state index in [-0.39, 0.29) is 16.2 Å². The van der Waals surface area contributed by atoms with Crippen molar-refractivity contribution in [2.45, 2.75) is 50.4 Å². The highest BCUT2D eigenvalue weighted by molar-refractivity contribution is 7.12. The third-order valence-corrected chi connectivity index (χ3v) is 17.8. The lowest BCUT2D eigenvalue weighted by Gasteiger charge is -2.30. The first-order chi connectivity index (χ1) is 25.7. The smallest absolute Gasteiger partial charge is 0.0918 e. The number of benzene rings is 7. The van der Waals surface area contributed by atoms with Gasteiger partial charge in [-0.25, -0.2) is 0 Å². The van der Waals surface area contributed by atoms with Crippen molar-refractivity contribution in [3.63, 3.8) is 0 Å². The van der Waals surface area contributed by atoms with Crippen LogP contribution in [0.2, 0.25) is 0 Å². The largest absolute Gasteiger partial charge is 0.144 e. The van der Waals surface area contributed by atoms with Crippen molar-refractivity contribution in [3.8, 4) is 23.7 Å². The van der Waals surface area contributed by atoms with E-state index < -0.39 is 0 Å². The Morgan fingerprint density at radius 3 is 1.94 bits per heavy atom. The monoisotopic (exact) mass is 666 g/mol. The fraction of sp³-hybridized carbons (Fsp3) is 0.176. The summed E-state index contributed by atoms with van der Waals surface area (Å²) in [6.07, 6.45) is 6.98. The highest BCUT2D eigenvalue weighted by Gasteiger charge is 2.91. The fourth-order valence-electron chi connectivity index (χ4n) is 15.5. The molecule has 3 atom stereocenters. The van der Waals surface area contributed by atoms with Crippen LogP contribution in [-0.4, -0.2) is 0 Å². The molecule has 0 saturated heterocycles. The van der Waals surface area contributed by atoms with Gasteiger partial charge in [0.15, 0.2) is 0 Å². The molecule has 11 aromatic carbocycles. The fourth-order valence-corrected chi connectivity index (χ4v) is 16.8. The molecule has 0 aliphatic heterocycles. The van der Waals surface area contributed by atoms with Gasteiger partial charge in [-0.1, -0.05) is 43.0 Å². The van der Waals surface area contributed by atoms with Crippen LogP contribution in [0.3, 0.4) is 0 Å². The van der Waals surface area contributed by atoms with E-state index in [0.29, 0.717) is 0 Å². The Hall–Kier alpha value is -5.60. The Labute approximate surface area is 299 Å². The summed E-state index contributed by atoms with van der Waals surface area (Å²) in [4.78, 5) is 2.91. The molecule has 0 bridgehead atoms.